The SMILES string of the molecule is CC1(C)OB(c2cnn(Cc3ccc(C(F)(F)F)o3)c2)OC1(C)C. The van der Waals surface area contributed by atoms with Gasteiger partial charge in [0.2, 0.25) is 5.76 Å². The standard InChI is InChI=1S/C15H18BF3N2O3/c1-13(2)14(3,4)24-16(23-13)10-7-20-21(8-10)9-11-5-6-12(22-11)15(17,18)19/h5-8H,9H2,1-4H3. The normalized spacial score (nSPS) is 19.9. The number of furan rings is 1. The number of hydrogen-bond donors (Lipinski definition) is 0. The largest absolute Gasteiger partial charge is 0.498 e. The van der Waals surface area contributed by atoms with Crippen molar-refractivity contribution in [1.82, 2.24) is 9.78 Å². The maximum Gasteiger partial charge on any atom is 0.498 e. The van der Waals surface area contributed by atoms with Crippen molar-refractivity contribution in [1.29, 1.82) is 0 Å². The van der Waals surface area contributed by atoms with Crippen LogP contribution in [0.5, 0.6) is 0 Å². The first kappa shape index (κ1) is 17.1. The Balaban J connectivity index is 1.72. The molecule has 0 amide bonds. The van der Waals surface area contributed by atoms with Crippen LogP contribution in [0, 0.1) is 0 Å². The maximum atomic E-state index is 12.5. The van der Waals surface area contributed by atoms with Crippen molar-refractivity contribution in [2.45, 2.75) is 51.6 Å². The monoisotopic (exact) mass is 342 g/mol. The van der Waals surface area contributed by atoms with Crippen LogP contribution in [0.1, 0.15) is 39.2 Å². The van der Waals surface area contributed by atoms with Crippen LogP contribution in [-0.2, 0) is 22.0 Å². The van der Waals surface area contributed by atoms with Crippen molar-refractivity contribution < 1.29 is 26.9 Å². The average molecular weight is 342 g/mol. The van der Waals surface area contributed by atoms with E-state index in [-0.39, 0.29) is 12.3 Å². The van der Waals surface area contributed by atoms with Crippen molar-refractivity contribution in [2.24, 2.45) is 0 Å². The lowest BCUT2D eigenvalue weighted by Crippen LogP contribution is -2.41. The average Bonchev–Trinajstić information content (AvgIpc) is 3.09. The Bertz CT molecular complexity index is 720. The molecule has 1 fully saturated rings. The van der Waals surface area contributed by atoms with Gasteiger partial charge in [-0.05, 0) is 39.8 Å². The van der Waals surface area contributed by atoms with E-state index in [1.807, 2.05) is 27.7 Å². The Kier molecular flexibility index (Phi) is 3.84. The summed E-state index contributed by atoms with van der Waals surface area (Å²) >= 11 is 0. The van der Waals surface area contributed by atoms with Gasteiger partial charge in [-0.2, -0.15) is 18.3 Å². The number of halogens is 3. The third kappa shape index (κ3) is 3.10. The summed E-state index contributed by atoms with van der Waals surface area (Å²) in [4.78, 5) is 0. The zero-order valence-electron chi connectivity index (χ0n) is 13.8. The zero-order chi connectivity index (χ0) is 17.8. The third-order valence-corrected chi connectivity index (χ3v) is 4.44. The van der Waals surface area contributed by atoms with Gasteiger partial charge in [0.05, 0.1) is 17.7 Å². The van der Waals surface area contributed by atoms with E-state index in [1.54, 1.807) is 12.4 Å². The topological polar surface area (TPSA) is 49.4 Å². The maximum absolute atomic E-state index is 12.5. The molecule has 3 heterocycles. The zero-order valence-corrected chi connectivity index (χ0v) is 13.8. The van der Waals surface area contributed by atoms with Gasteiger partial charge >= 0.3 is 13.3 Å². The molecule has 1 aliphatic rings. The molecule has 9 heteroatoms. The lowest BCUT2D eigenvalue weighted by Gasteiger charge is -2.32. The number of rotatable bonds is 3. The van der Waals surface area contributed by atoms with Crippen molar-refractivity contribution in [3.05, 3.63) is 36.0 Å². The number of hydrogen-bond acceptors (Lipinski definition) is 4. The minimum Gasteiger partial charge on any atom is -0.455 e. The molecule has 2 aromatic rings. The summed E-state index contributed by atoms with van der Waals surface area (Å²) in [5.74, 6) is -0.846. The fourth-order valence-corrected chi connectivity index (χ4v) is 2.34. The quantitative estimate of drug-likeness (QED) is 0.805. The summed E-state index contributed by atoms with van der Waals surface area (Å²) in [7, 11) is -0.564. The molecule has 0 atom stereocenters. The smallest absolute Gasteiger partial charge is 0.455 e. The van der Waals surface area contributed by atoms with E-state index in [4.69, 9.17) is 13.7 Å². The summed E-state index contributed by atoms with van der Waals surface area (Å²) in [6, 6.07) is 2.20. The molecule has 5 nitrogen and oxygen atoms in total. The van der Waals surface area contributed by atoms with Gasteiger partial charge in [0, 0.05) is 17.9 Å². The first-order valence-electron chi connectivity index (χ1n) is 7.52. The molecule has 2 aromatic heterocycles. The van der Waals surface area contributed by atoms with Gasteiger partial charge in [-0.3, -0.25) is 4.68 Å². The molecule has 1 aliphatic heterocycles. The van der Waals surface area contributed by atoms with E-state index in [1.165, 1.54) is 10.7 Å². The van der Waals surface area contributed by atoms with Crippen LogP contribution in [-0.4, -0.2) is 28.1 Å². The molecule has 0 saturated carbocycles. The Morgan fingerprint density at radius 2 is 1.75 bits per heavy atom. The highest BCUT2D eigenvalue weighted by Gasteiger charge is 2.52. The third-order valence-electron chi connectivity index (χ3n) is 4.44. The molecule has 0 N–H and O–H groups in total. The molecule has 1 saturated heterocycles. The molecule has 0 spiro atoms. The van der Waals surface area contributed by atoms with Crippen molar-refractivity contribution in [3.8, 4) is 0 Å². The van der Waals surface area contributed by atoms with Gasteiger partial charge < -0.3 is 13.7 Å². The second-order valence-corrected chi connectivity index (χ2v) is 6.82. The van der Waals surface area contributed by atoms with Gasteiger partial charge in [0.15, 0.2) is 0 Å². The molecule has 0 aliphatic carbocycles. The molecule has 130 valence electrons. The molecule has 0 bridgehead atoms. The second kappa shape index (κ2) is 5.39. The lowest BCUT2D eigenvalue weighted by molar-refractivity contribution is -0.153. The molecular weight excluding hydrogens is 324 g/mol. The van der Waals surface area contributed by atoms with Crippen LogP contribution >= 0.6 is 0 Å². The number of alkyl halides is 3. The highest BCUT2D eigenvalue weighted by atomic mass is 19.4. The first-order chi connectivity index (χ1) is 11.0. The fourth-order valence-electron chi connectivity index (χ4n) is 2.34. The van der Waals surface area contributed by atoms with Crippen molar-refractivity contribution in [2.75, 3.05) is 0 Å². The highest BCUT2D eigenvalue weighted by molar-refractivity contribution is 6.61. The van der Waals surface area contributed by atoms with E-state index in [0.29, 0.717) is 5.46 Å². The Hall–Kier alpha value is -1.74. The van der Waals surface area contributed by atoms with Gasteiger partial charge in [-0.1, -0.05) is 0 Å². The Labute approximate surface area is 137 Å². The van der Waals surface area contributed by atoms with Gasteiger partial charge in [0.25, 0.3) is 0 Å². The fraction of sp³-hybridized carbons (Fsp3) is 0.533. The Morgan fingerprint density at radius 1 is 1.12 bits per heavy atom. The summed E-state index contributed by atoms with van der Waals surface area (Å²) in [6.45, 7) is 7.87. The summed E-state index contributed by atoms with van der Waals surface area (Å²) in [5, 5.41) is 4.14. The van der Waals surface area contributed by atoms with Crippen LogP contribution in [0.4, 0.5) is 13.2 Å². The molecular formula is C15H18BF3N2O3. The molecule has 3 rings (SSSR count). The first-order valence-corrected chi connectivity index (χ1v) is 7.52. The van der Waals surface area contributed by atoms with E-state index in [2.05, 4.69) is 5.10 Å². The van der Waals surface area contributed by atoms with Crippen LogP contribution in [0.15, 0.2) is 28.9 Å². The summed E-state index contributed by atoms with van der Waals surface area (Å²) in [5.41, 5.74) is -0.235. The highest BCUT2D eigenvalue weighted by Crippen LogP contribution is 2.36. The summed E-state index contributed by atoms with van der Waals surface area (Å²) in [6.07, 6.45) is -1.23. The van der Waals surface area contributed by atoms with Crippen LogP contribution in [0.25, 0.3) is 0 Å². The van der Waals surface area contributed by atoms with E-state index in [9.17, 15) is 13.2 Å². The van der Waals surface area contributed by atoms with E-state index < -0.39 is 30.3 Å². The lowest BCUT2D eigenvalue weighted by atomic mass is 9.82. The predicted molar refractivity (Wildman–Crippen MR) is 80.8 cm³/mol. The van der Waals surface area contributed by atoms with Gasteiger partial charge in [-0.15, -0.1) is 0 Å². The molecule has 24 heavy (non-hydrogen) atoms. The minimum absolute atomic E-state index is 0.0928. The van der Waals surface area contributed by atoms with Gasteiger partial charge in [0.1, 0.15) is 5.76 Å². The molecule has 0 unspecified atom stereocenters. The molecule has 0 aromatic carbocycles. The van der Waals surface area contributed by atoms with E-state index >= 15 is 0 Å². The van der Waals surface area contributed by atoms with Crippen LogP contribution in [0.3, 0.4) is 0 Å². The minimum atomic E-state index is -4.49. The second-order valence-electron chi connectivity index (χ2n) is 6.82. The molecule has 0 radical (unpaired) electrons. The van der Waals surface area contributed by atoms with Crippen molar-refractivity contribution >= 4 is 12.6 Å². The number of aromatic nitrogens is 2. The van der Waals surface area contributed by atoms with E-state index in [0.717, 1.165) is 6.07 Å². The van der Waals surface area contributed by atoms with Crippen molar-refractivity contribution in [3.63, 3.8) is 0 Å². The van der Waals surface area contributed by atoms with Crippen LogP contribution in [0.2, 0.25) is 0 Å². The van der Waals surface area contributed by atoms with Gasteiger partial charge in [-0.25, -0.2) is 0 Å². The number of nitrogens with zero attached hydrogens (tertiary/aromatic N) is 2. The van der Waals surface area contributed by atoms with Crippen LogP contribution < -0.4 is 5.46 Å². The predicted octanol–water partition coefficient (Wildman–Crippen LogP) is 2.84. The summed E-state index contributed by atoms with van der Waals surface area (Å²) < 4.78 is 55.8. The Morgan fingerprint density at radius 3 is 2.29 bits per heavy atom.